The highest BCUT2D eigenvalue weighted by Gasteiger charge is 2.05. The third-order valence-corrected chi connectivity index (χ3v) is 1.58. The molecule has 0 aromatic carbocycles. The summed E-state index contributed by atoms with van der Waals surface area (Å²) < 4.78 is 1.61. The number of nitrogens with zero attached hydrogens (tertiary/aromatic N) is 4. The summed E-state index contributed by atoms with van der Waals surface area (Å²) in [6, 6.07) is 0. The van der Waals surface area contributed by atoms with Gasteiger partial charge in [0.2, 0.25) is 0 Å². The van der Waals surface area contributed by atoms with E-state index in [4.69, 9.17) is 0 Å². The van der Waals surface area contributed by atoms with E-state index in [0.717, 1.165) is 0 Å². The lowest BCUT2D eigenvalue weighted by Gasteiger charge is -1.96. The molecule has 5 heteroatoms. The molecule has 0 atom stereocenters. The zero-order chi connectivity index (χ0) is 8.55. The molecule has 0 aliphatic heterocycles. The van der Waals surface area contributed by atoms with Crippen LogP contribution in [-0.4, -0.2) is 25.4 Å². The van der Waals surface area contributed by atoms with E-state index >= 15 is 0 Å². The van der Waals surface area contributed by atoms with Crippen molar-refractivity contribution < 1.29 is 4.79 Å². The molecular weight excluding hydrogens is 156 g/mol. The van der Waals surface area contributed by atoms with Gasteiger partial charge in [-0.25, -0.2) is 0 Å². The molecule has 2 aromatic rings. The number of carbonyl (C=O) groups excluding carboxylic acids is 1. The van der Waals surface area contributed by atoms with Crippen LogP contribution >= 0.6 is 0 Å². The van der Waals surface area contributed by atoms with Gasteiger partial charge >= 0.3 is 0 Å². The van der Waals surface area contributed by atoms with Gasteiger partial charge in [0.15, 0.2) is 11.4 Å². The number of fused-ring (bicyclic) bond motifs is 1. The van der Waals surface area contributed by atoms with Crippen LogP contribution in [0.5, 0.6) is 0 Å². The topological polar surface area (TPSA) is 60.2 Å². The first-order valence-corrected chi connectivity index (χ1v) is 3.44. The van der Waals surface area contributed by atoms with Gasteiger partial charge in [0.25, 0.3) is 0 Å². The first-order valence-electron chi connectivity index (χ1n) is 3.44. The predicted octanol–water partition coefficient (Wildman–Crippen LogP) is 0.327. The van der Waals surface area contributed by atoms with E-state index in [1.54, 1.807) is 10.6 Å². The van der Waals surface area contributed by atoms with Crippen molar-refractivity contribution in [1.82, 2.24) is 19.6 Å². The lowest BCUT2D eigenvalue weighted by atomic mass is 10.3. The van der Waals surface area contributed by atoms with Crippen LogP contribution in [-0.2, 0) is 0 Å². The maximum atomic E-state index is 11.0. The summed E-state index contributed by atoms with van der Waals surface area (Å²) in [6.07, 6.45) is 4.55. The van der Waals surface area contributed by atoms with Gasteiger partial charge in [-0.05, 0) is 0 Å². The zero-order valence-electron chi connectivity index (χ0n) is 6.43. The van der Waals surface area contributed by atoms with Crippen LogP contribution in [0.4, 0.5) is 0 Å². The van der Waals surface area contributed by atoms with Crippen molar-refractivity contribution in [2.75, 3.05) is 0 Å². The molecule has 0 bridgehead atoms. The van der Waals surface area contributed by atoms with E-state index in [0.29, 0.717) is 11.3 Å². The highest BCUT2D eigenvalue weighted by Crippen LogP contribution is 2.01. The fourth-order valence-corrected chi connectivity index (χ4v) is 1.01. The minimum absolute atomic E-state index is 0.0482. The fourth-order valence-electron chi connectivity index (χ4n) is 1.01. The Balaban J connectivity index is 2.82. The smallest absolute Gasteiger partial charge is 0.179 e. The van der Waals surface area contributed by atoms with Gasteiger partial charge in [-0.1, -0.05) is 0 Å². The zero-order valence-corrected chi connectivity index (χ0v) is 6.43. The Morgan fingerprint density at radius 2 is 2.33 bits per heavy atom. The standard InChI is InChI=1S/C7H6N4O/c1-5(12)6-2-8-3-7-10-9-4-11(6)7/h2-4H,1H3. The van der Waals surface area contributed by atoms with E-state index in [2.05, 4.69) is 15.2 Å². The van der Waals surface area contributed by atoms with E-state index in [9.17, 15) is 4.79 Å². The monoisotopic (exact) mass is 162 g/mol. The highest BCUT2D eigenvalue weighted by molar-refractivity contribution is 5.92. The minimum Gasteiger partial charge on any atom is -0.293 e. The molecule has 2 heterocycles. The highest BCUT2D eigenvalue weighted by atomic mass is 16.1. The van der Waals surface area contributed by atoms with Crippen molar-refractivity contribution in [2.45, 2.75) is 6.92 Å². The van der Waals surface area contributed by atoms with Crippen molar-refractivity contribution >= 4 is 11.4 Å². The van der Waals surface area contributed by atoms with Crippen LogP contribution in [0, 0.1) is 0 Å². The van der Waals surface area contributed by atoms with Crippen LogP contribution in [0.15, 0.2) is 18.7 Å². The number of hydrogen-bond acceptors (Lipinski definition) is 4. The molecule has 0 spiro atoms. The Hall–Kier alpha value is -1.78. The number of Topliss-reactive ketones (excluding diaryl/α,β-unsaturated/α-hetero) is 1. The summed E-state index contributed by atoms with van der Waals surface area (Å²) in [7, 11) is 0. The van der Waals surface area contributed by atoms with Crippen LogP contribution < -0.4 is 0 Å². The molecule has 0 saturated carbocycles. The first-order chi connectivity index (χ1) is 5.79. The third kappa shape index (κ3) is 0.868. The summed E-state index contributed by atoms with van der Waals surface area (Å²) >= 11 is 0. The van der Waals surface area contributed by atoms with Gasteiger partial charge in [-0.15, -0.1) is 10.2 Å². The number of hydrogen-bond donors (Lipinski definition) is 0. The van der Waals surface area contributed by atoms with Crippen molar-refractivity contribution in [3.63, 3.8) is 0 Å². The van der Waals surface area contributed by atoms with Gasteiger partial charge in [0.1, 0.15) is 12.0 Å². The average molecular weight is 162 g/mol. The summed E-state index contributed by atoms with van der Waals surface area (Å²) in [6.45, 7) is 1.48. The lowest BCUT2D eigenvalue weighted by Crippen LogP contribution is -2.01. The van der Waals surface area contributed by atoms with Gasteiger partial charge < -0.3 is 0 Å². The van der Waals surface area contributed by atoms with E-state index in [-0.39, 0.29) is 5.78 Å². The molecule has 12 heavy (non-hydrogen) atoms. The molecule has 0 aliphatic carbocycles. The van der Waals surface area contributed by atoms with Crippen molar-refractivity contribution in [2.24, 2.45) is 0 Å². The van der Waals surface area contributed by atoms with Crippen LogP contribution in [0.3, 0.4) is 0 Å². The van der Waals surface area contributed by atoms with Gasteiger partial charge in [-0.3, -0.25) is 14.2 Å². The number of carbonyl (C=O) groups is 1. The molecular formula is C7H6N4O. The summed E-state index contributed by atoms with van der Waals surface area (Å²) in [5, 5.41) is 7.43. The Kier molecular flexibility index (Phi) is 1.36. The van der Waals surface area contributed by atoms with E-state index in [1.165, 1.54) is 19.4 Å². The molecule has 0 amide bonds. The second-order valence-corrected chi connectivity index (χ2v) is 2.41. The summed E-state index contributed by atoms with van der Waals surface area (Å²) in [5.74, 6) is -0.0482. The molecule has 0 aliphatic rings. The number of ketones is 1. The predicted molar refractivity (Wildman–Crippen MR) is 40.8 cm³/mol. The Labute approximate surface area is 68.1 Å². The lowest BCUT2D eigenvalue weighted by molar-refractivity contribution is 0.101. The Morgan fingerprint density at radius 3 is 3.08 bits per heavy atom. The molecule has 0 unspecified atom stereocenters. The van der Waals surface area contributed by atoms with Gasteiger partial charge in [0, 0.05) is 6.92 Å². The molecule has 60 valence electrons. The third-order valence-electron chi connectivity index (χ3n) is 1.58. The van der Waals surface area contributed by atoms with Gasteiger partial charge in [0.05, 0.1) is 12.4 Å². The quantitative estimate of drug-likeness (QED) is 0.567. The number of rotatable bonds is 1. The molecule has 2 rings (SSSR count). The Morgan fingerprint density at radius 1 is 1.50 bits per heavy atom. The van der Waals surface area contributed by atoms with E-state index in [1.807, 2.05) is 0 Å². The normalized spacial score (nSPS) is 10.4. The van der Waals surface area contributed by atoms with Crippen molar-refractivity contribution in [3.8, 4) is 0 Å². The molecule has 0 fully saturated rings. The maximum absolute atomic E-state index is 11.0. The average Bonchev–Trinajstić information content (AvgIpc) is 2.49. The van der Waals surface area contributed by atoms with Crippen LogP contribution in [0.2, 0.25) is 0 Å². The molecule has 0 saturated heterocycles. The first kappa shape index (κ1) is 6.90. The molecule has 2 aromatic heterocycles. The van der Waals surface area contributed by atoms with Crippen molar-refractivity contribution in [3.05, 3.63) is 24.4 Å². The van der Waals surface area contributed by atoms with Gasteiger partial charge in [-0.2, -0.15) is 0 Å². The molecule has 5 nitrogen and oxygen atoms in total. The van der Waals surface area contributed by atoms with E-state index < -0.39 is 0 Å². The second kappa shape index (κ2) is 2.37. The summed E-state index contributed by atoms with van der Waals surface area (Å²) in [5.41, 5.74) is 1.08. The molecule has 0 N–H and O–H groups in total. The second-order valence-electron chi connectivity index (χ2n) is 2.41. The van der Waals surface area contributed by atoms with Crippen molar-refractivity contribution in [1.29, 1.82) is 0 Å². The minimum atomic E-state index is -0.0482. The SMILES string of the molecule is CC(=O)c1cncc2nncn12. The number of aromatic nitrogens is 4. The van der Waals surface area contributed by atoms with Crippen LogP contribution in [0.25, 0.3) is 5.65 Å². The largest absolute Gasteiger partial charge is 0.293 e. The maximum Gasteiger partial charge on any atom is 0.179 e. The van der Waals surface area contributed by atoms with Crippen LogP contribution in [0.1, 0.15) is 17.4 Å². The fraction of sp³-hybridized carbons (Fsp3) is 0.143. The Bertz CT molecular complexity index is 434. The summed E-state index contributed by atoms with van der Waals surface area (Å²) in [4.78, 5) is 14.9. The molecule has 0 radical (unpaired) electrons.